The Balaban J connectivity index is 1.62. The molecule has 0 bridgehead atoms. The number of hydrogen-bond donors (Lipinski definition) is 0. The Bertz CT molecular complexity index is 1040. The standard InChI is InChI=1S/C21H18FN3O2/c1-13-19(12-24-20(26)17-8-3-4-9-18(17)21(24)27)14(2)25(23-13)11-15-6-5-7-16(22)10-15/h3-10H,11-12H2,1-2H3. The third-order valence-corrected chi connectivity index (χ3v) is 4.95. The Morgan fingerprint density at radius 1 is 0.926 bits per heavy atom. The summed E-state index contributed by atoms with van der Waals surface area (Å²) in [6, 6.07) is 13.2. The van der Waals surface area contributed by atoms with Gasteiger partial charge >= 0.3 is 0 Å². The third-order valence-electron chi connectivity index (χ3n) is 4.95. The fourth-order valence-electron chi connectivity index (χ4n) is 3.47. The van der Waals surface area contributed by atoms with E-state index in [4.69, 9.17) is 0 Å². The first-order chi connectivity index (χ1) is 13.0. The van der Waals surface area contributed by atoms with Crippen LogP contribution < -0.4 is 0 Å². The molecule has 4 rings (SSSR count). The van der Waals surface area contributed by atoms with Gasteiger partial charge in [0.25, 0.3) is 11.8 Å². The van der Waals surface area contributed by atoms with E-state index >= 15 is 0 Å². The summed E-state index contributed by atoms with van der Waals surface area (Å²) in [4.78, 5) is 26.5. The van der Waals surface area contributed by atoms with Crippen LogP contribution in [0.25, 0.3) is 0 Å². The molecule has 136 valence electrons. The highest BCUT2D eigenvalue weighted by molar-refractivity contribution is 6.21. The molecule has 0 saturated heterocycles. The molecule has 0 spiro atoms. The van der Waals surface area contributed by atoms with Crippen LogP contribution in [0.4, 0.5) is 4.39 Å². The van der Waals surface area contributed by atoms with Crippen molar-refractivity contribution in [1.29, 1.82) is 0 Å². The van der Waals surface area contributed by atoms with E-state index in [-0.39, 0.29) is 24.2 Å². The maximum absolute atomic E-state index is 13.4. The Labute approximate surface area is 156 Å². The monoisotopic (exact) mass is 363 g/mol. The Kier molecular flexibility index (Phi) is 4.11. The summed E-state index contributed by atoms with van der Waals surface area (Å²) in [5.74, 6) is -0.861. The molecular weight excluding hydrogens is 345 g/mol. The van der Waals surface area contributed by atoms with Crippen LogP contribution in [0.2, 0.25) is 0 Å². The molecule has 2 aromatic carbocycles. The minimum Gasteiger partial charge on any atom is -0.270 e. The highest BCUT2D eigenvalue weighted by atomic mass is 19.1. The SMILES string of the molecule is Cc1nn(Cc2cccc(F)c2)c(C)c1CN1C(=O)c2ccccc2C1=O. The highest BCUT2D eigenvalue weighted by Crippen LogP contribution is 2.26. The van der Waals surface area contributed by atoms with Gasteiger partial charge < -0.3 is 0 Å². The van der Waals surface area contributed by atoms with Gasteiger partial charge in [-0.2, -0.15) is 5.10 Å². The molecule has 0 saturated carbocycles. The van der Waals surface area contributed by atoms with Crippen LogP contribution in [0, 0.1) is 19.7 Å². The maximum atomic E-state index is 13.4. The molecule has 6 heteroatoms. The number of aryl methyl sites for hydroxylation is 1. The number of fused-ring (bicyclic) bond motifs is 1. The number of hydrogen-bond acceptors (Lipinski definition) is 3. The molecule has 1 aliphatic heterocycles. The molecule has 2 heterocycles. The van der Waals surface area contributed by atoms with Gasteiger partial charge in [-0.25, -0.2) is 4.39 Å². The van der Waals surface area contributed by atoms with Gasteiger partial charge in [0.1, 0.15) is 5.82 Å². The smallest absolute Gasteiger partial charge is 0.261 e. The molecule has 3 aromatic rings. The molecule has 0 fully saturated rings. The van der Waals surface area contributed by atoms with Gasteiger partial charge in [0, 0.05) is 11.3 Å². The molecule has 27 heavy (non-hydrogen) atoms. The van der Waals surface area contributed by atoms with Crippen LogP contribution in [0.3, 0.4) is 0 Å². The number of halogens is 1. The van der Waals surface area contributed by atoms with Crippen LogP contribution in [0.15, 0.2) is 48.5 Å². The van der Waals surface area contributed by atoms with E-state index in [0.29, 0.717) is 17.7 Å². The van der Waals surface area contributed by atoms with Crippen molar-refractivity contribution in [2.75, 3.05) is 0 Å². The number of rotatable bonds is 4. The summed E-state index contributed by atoms with van der Waals surface area (Å²) < 4.78 is 15.2. The molecule has 2 amide bonds. The van der Waals surface area contributed by atoms with E-state index in [1.807, 2.05) is 19.9 Å². The van der Waals surface area contributed by atoms with Crippen molar-refractivity contribution in [2.24, 2.45) is 0 Å². The normalized spacial score (nSPS) is 13.4. The summed E-state index contributed by atoms with van der Waals surface area (Å²) in [7, 11) is 0. The largest absolute Gasteiger partial charge is 0.270 e. The number of carbonyl (C=O) groups is 2. The summed E-state index contributed by atoms with van der Waals surface area (Å²) in [5.41, 5.74) is 4.11. The summed E-state index contributed by atoms with van der Waals surface area (Å²) in [6.07, 6.45) is 0. The lowest BCUT2D eigenvalue weighted by Gasteiger charge is -2.14. The zero-order valence-corrected chi connectivity index (χ0v) is 15.1. The number of imide groups is 1. The first-order valence-corrected chi connectivity index (χ1v) is 8.68. The molecule has 1 aromatic heterocycles. The van der Waals surface area contributed by atoms with E-state index in [1.54, 1.807) is 35.0 Å². The van der Waals surface area contributed by atoms with Crippen LogP contribution in [-0.2, 0) is 13.1 Å². The fourth-order valence-corrected chi connectivity index (χ4v) is 3.47. The lowest BCUT2D eigenvalue weighted by atomic mass is 10.1. The zero-order valence-electron chi connectivity index (χ0n) is 15.1. The Morgan fingerprint density at radius 2 is 1.59 bits per heavy atom. The quantitative estimate of drug-likeness (QED) is 0.667. The van der Waals surface area contributed by atoms with Gasteiger partial charge in [-0.3, -0.25) is 19.2 Å². The second kappa shape index (κ2) is 6.46. The van der Waals surface area contributed by atoms with Crippen LogP contribution in [-0.4, -0.2) is 26.5 Å². The van der Waals surface area contributed by atoms with Crippen LogP contribution in [0.1, 0.15) is 43.2 Å². The fraction of sp³-hybridized carbons (Fsp3) is 0.190. The lowest BCUT2D eigenvalue weighted by molar-refractivity contribution is 0.0642. The van der Waals surface area contributed by atoms with Crippen molar-refractivity contribution in [1.82, 2.24) is 14.7 Å². The number of aromatic nitrogens is 2. The number of nitrogens with zero attached hydrogens (tertiary/aromatic N) is 3. The van der Waals surface area contributed by atoms with Crippen molar-refractivity contribution in [3.8, 4) is 0 Å². The molecule has 0 N–H and O–H groups in total. The Morgan fingerprint density at radius 3 is 2.22 bits per heavy atom. The van der Waals surface area contributed by atoms with E-state index < -0.39 is 0 Å². The average Bonchev–Trinajstić information content (AvgIpc) is 3.05. The number of amides is 2. The molecule has 5 nitrogen and oxygen atoms in total. The number of carbonyl (C=O) groups excluding carboxylic acids is 2. The first-order valence-electron chi connectivity index (χ1n) is 8.68. The number of benzene rings is 2. The summed E-state index contributed by atoms with van der Waals surface area (Å²) >= 11 is 0. The van der Waals surface area contributed by atoms with Gasteiger partial charge in [-0.1, -0.05) is 24.3 Å². The van der Waals surface area contributed by atoms with Crippen molar-refractivity contribution >= 4 is 11.8 Å². The second-order valence-corrected chi connectivity index (χ2v) is 6.68. The molecule has 0 atom stereocenters. The van der Waals surface area contributed by atoms with Gasteiger partial charge in [-0.05, 0) is 43.7 Å². The predicted octanol–water partition coefficient (Wildman–Crippen LogP) is 3.48. The third kappa shape index (κ3) is 2.93. The minimum atomic E-state index is -0.291. The van der Waals surface area contributed by atoms with Crippen molar-refractivity contribution in [2.45, 2.75) is 26.9 Å². The first kappa shape index (κ1) is 17.1. The van der Waals surface area contributed by atoms with Crippen molar-refractivity contribution in [3.05, 3.63) is 88.0 Å². The van der Waals surface area contributed by atoms with E-state index in [1.165, 1.54) is 17.0 Å². The average molecular weight is 363 g/mol. The molecule has 0 unspecified atom stereocenters. The van der Waals surface area contributed by atoms with Gasteiger partial charge in [-0.15, -0.1) is 0 Å². The predicted molar refractivity (Wildman–Crippen MR) is 97.8 cm³/mol. The summed E-state index contributed by atoms with van der Waals surface area (Å²) in [5, 5.41) is 4.52. The van der Waals surface area contributed by atoms with Crippen molar-refractivity contribution < 1.29 is 14.0 Å². The lowest BCUT2D eigenvalue weighted by Crippen LogP contribution is -2.29. The molecule has 0 aliphatic carbocycles. The van der Waals surface area contributed by atoms with Crippen LogP contribution >= 0.6 is 0 Å². The van der Waals surface area contributed by atoms with Gasteiger partial charge in [0.05, 0.1) is 29.9 Å². The molecule has 1 aliphatic rings. The minimum absolute atomic E-state index is 0.174. The highest BCUT2D eigenvalue weighted by Gasteiger charge is 2.35. The van der Waals surface area contributed by atoms with E-state index in [9.17, 15) is 14.0 Å². The van der Waals surface area contributed by atoms with Gasteiger partial charge in [0.15, 0.2) is 0 Å². The zero-order chi connectivity index (χ0) is 19.1. The summed E-state index contributed by atoms with van der Waals surface area (Å²) in [6.45, 7) is 4.34. The molecule has 0 radical (unpaired) electrons. The Hall–Kier alpha value is -3.28. The van der Waals surface area contributed by atoms with Crippen LogP contribution in [0.5, 0.6) is 0 Å². The van der Waals surface area contributed by atoms with Crippen molar-refractivity contribution in [3.63, 3.8) is 0 Å². The maximum Gasteiger partial charge on any atom is 0.261 e. The topological polar surface area (TPSA) is 55.2 Å². The van der Waals surface area contributed by atoms with E-state index in [2.05, 4.69) is 5.10 Å². The van der Waals surface area contributed by atoms with Gasteiger partial charge in [0.2, 0.25) is 0 Å². The molecular formula is C21H18FN3O2. The second-order valence-electron chi connectivity index (χ2n) is 6.68. The van der Waals surface area contributed by atoms with E-state index in [0.717, 1.165) is 22.5 Å².